The lowest BCUT2D eigenvalue weighted by molar-refractivity contribution is 0.0364. The van der Waals surface area contributed by atoms with E-state index in [2.05, 4.69) is 15.2 Å². The highest BCUT2D eigenvalue weighted by atomic mass is 19.1. The number of nitrogens with zero attached hydrogens (tertiary/aromatic N) is 3. The number of anilines is 1. The fourth-order valence-corrected chi connectivity index (χ4v) is 5.26. The molecule has 10 heteroatoms. The average molecular weight is 576 g/mol. The molecule has 220 valence electrons. The fraction of sp³-hybridized carbons (Fsp3) is 0.344. The number of pyridine rings is 2. The Bertz CT molecular complexity index is 1650. The van der Waals surface area contributed by atoms with Crippen LogP contribution in [0.1, 0.15) is 33.6 Å². The Morgan fingerprint density at radius 1 is 1.10 bits per heavy atom. The molecule has 1 aliphatic heterocycles. The molecular weight excluding hydrogens is 540 g/mol. The molecule has 0 saturated carbocycles. The highest BCUT2D eigenvalue weighted by Crippen LogP contribution is 2.29. The van der Waals surface area contributed by atoms with Gasteiger partial charge in [0.1, 0.15) is 12.5 Å². The zero-order chi connectivity index (χ0) is 29.6. The van der Waals surface area contributed by atoms with Crippen molar-refractivity contribution in [3.05, 3.63) is 93.3 Å². The van der Waals surface area contributed by atoms with Crippen LogP contribution < -0.4 is 16.6 Å². The molecule has 0 bridgehead atoms. The lowest BCUT2D eigenvalue weighted by atomic mass is 9.99. The zero-order valence-corrected chi connectivity index (χ0v) is 23.7. The van der Waals surface area contributed by atoms with E-state index in [0.29, 0.717) is 61.5 Å². The molecule has 1 amide bonds. The van der Waals surface area contributed by atoms with E-state index in [1.54, 1.807) is 35.9 Å². The first-order valence-electron chi connectivity index (χ1n) is 14.2. The van der Waals surface area contributed by atoms with Gasteiger partial charge in [0.2, 0.25) is 0 Å². The van der Waals surface area contributed by atoms with Crippen molar-refractivity contribution in [2.24, 2.45) is 5.73 Å². The maximum absolute atomic E-state index is 15.1. The third-order valence-electron chi connectivity index (χ3n) is 7.61. The van der Waals surface area contributed by atoms with Gasteiger partial charge in [-0.25, -0.2) is 8.78 Å². The van der Waals surface area contributed by atoms with Gasteiger partial charge in [0.15, 0.2) is 0 Å². The van der Waals surface area contributed by atoms with Gasteiger partial charge in [0.05, 0.1) is 24.4 Å². The number of rotatable bonds is 10. The standard InChI is InChI=1S/C32H35F2N5O3/c1-21-14-28(34)29(37-31(40)23-5-2-4-22(15-23)19-33)18-26(21)27-16-24-20-36-25(6-3-7-35)17-30(24)39(32(27)41)9-8-38-10-12-42-13-11-38/h2,4-5,14-18,20H,3,6-13,19,35H2,1H3,(H,37,40). The van der Waals surface area contributed by atoms with Gasteiger partial charge in [0, 0.05) is 54.6 Å². The molecule has 1 fully saturated rings. The molecule has 2 aromatic carbocycles. The first-order chi connectivity index (χ1) is 20.4. The van der Waals surface area contributed by atoms with Crippen molar-refractivity contribution < 1.29 is 18.3 Å². The summed E-state index contributed by atoms with van der Waals surface area (Å²) in [5.74, 6) is -1.21. The van der Waals surface area contributed by atoms with Crippen molar-refractivity contribution >= 4 is 22.5 Å². The minimum Gasteiger partial charge on any atom is -0.379 e. The summed E-state index contributed by atoms with van der Waals surface area (Å²) in [6, 6.07) is 12.6. The van der Waals surface area contributed by atoms with Crippen molar-refractivity contribution in [1.29, 1.82) is 0 Å². The number of ether oxygens (including phenoxy) is 1. The third kappa shape index (κ3) is 6.56. The van der Waals surface area contributed by atoms with Gasteiger partial charge in [-0.15, -0.1) is 0 Å². The van der Waals surface area contributed by atoms with E-state index in [-0.39, 0.29) is 16.8 Å². The molecule has 5 rings (SSSR count). The minimum atomic E-state index is -0.715. The third-order valence-corrected chi connectivity index (χ3v) is 7.61. The number of aryl methyl sites for hydroxylation is 2. The van der Waals surface area contributed by atoms with Crippen molar-refractivity contribution in [3.8, 4) is 11.1 Å². The molecule has 1 saturated heterocycles. The molecule has 3 N–H and O–H groups in total. The van der Waals surface area contributed by atoms with E-state index in [1.807, 2.05) is 6.07 Å². The highest BCUT2D eigenvalue weighted by Gasteiger charge is 2.19. The van der Waals surface area contributed by atoms with Gasteiger partial charge >= 0.3 is 0 Å². The van der Waals surface area contributed by atoms with Gasteiger partial charge in [-0.1, -0.05) is 12.1 Å². The SMILES string of the molecule is Cc1cc(F)c(NC(=O)c2cccc(CF)c2)cc1-c1cc2cnc(CCCN)cc2n(CCN2CCOCC2)c1=O. The number of amides is 1. The van der Waals surface area contributed by atoms with Gasteiger partial charge < -0.3 is 20.4 Å². The van der Waals surface area contributed by atoms with Crippen LogP contribution in [-0.2, 0) is 24.4 Å². The molecule has 2 aromatic heterocycles. The van der Waals surface area contributed by atoms with E-state index in [1.165, 1.54) is 24.3 Å². The molecule has 1 aliphatic rings. The van der Waals surface area contributed by atoms with Crippen LogP contribution in [0.25, 0.3) is 22.0 Å². The van der Waals surface area contributed by atoms with Gasteiger partial charge in [-0.2, -0.15) is 0 Å². The minimum absolute atomic E-state index is 0.0686. The molecule has 0 spiro atoms. The molecule has 0 radical (unpaired) electrons. The van der Waals surface area contributed by atoms with E-state index in [9.17, 15) is 14.0 Å². The van der Waals surface area contributed by atoms with Crippen LogP contribution in [0.4, 0.5) is 14.5 Å². The Morgan fingerprint density at radius 3 is 2.67 bits per heavy atom. The summed E-state index contributed by atoms with van der Waals surface area (Å²) in [4.78, 5) is 33.9. The second-order valence-electron chi connectivity index (χ2n) is 10.5. The molecular formula is C32H35F2N5O3. The van der Waals surface area contributed by atoms with Crippen molar-refractivity contribution in [3.63, 3.8) is 0 Å². The number of aromatic nitrogens is 2. The van der Waals surface area contributed by atoms with Crippen molar-refractivity contribution in [2.45, 2.75) is 33.0 Å². The predicted molar refractivity (Wildman–Crippen MR) is 160 cm³/mol. The van der Waals surface area contributed by atoms with Crippen LogP contribution in [0, 0.1) is 12.7 Å². The normalized spacial score (nSPS) is 13.9. The number of hydrogen-bond acceptors (Lipinski definition) is 6. The maximum atomic E-state index is 15.1. The molecule has 0 aliphatic carbocycles. The topological polar surface area (TPSA) is 102 Å². The van der Waals surface area contributed by atoms with Gasteiger partial charge in [-0.3, -0.25) is 19.5 Å². The Hall–Kier alpha value is -3.99. The number of benzene rings is 2. The second-order valence-corrected chi connectivity index (χ2v) is 10.5. The number of hydrogen-bond donors (Lipinski definition) is 2. The molecule has 0 atom stereocenters. The van der Waals surface area contributed by atoms with E-state index in [4.69, 9.17) is 10.5 Å². The fourth-order valence-electron chi connectivity index (χ4n) is 5.26. The second kappa shape index (κ2) is 13.3. The number of carbonyl (C=O) groups excluding carboxylic acids is 1. The largest absolute Gasteiger partial charge is 0.379 e. The molecule has 8 nitrogen and oxygen atoms in total. The Morgan fingerprint density at radius 2 is 1.90 bits per heavy atom. The van der Waals surface area contributed by atoms with Crippen LogP contribution in [0.15, 0.2) is 59.5 Å². The van der Waals surface area contributed by atoms with Crippen molar-refractivity contribution in [2.75, 3.05) is 44.7 Å². The Balaban J connectivity index is 1.55. The lowest BCUT2D eigenvalue weighted by Crippen LogP contribution is -2.39. The number of fused-ring (bicyclic) bond motifs is 1. The summed E-state index contributed by atoms with van der Waals surface area (Å²) in [6.45, 7) is 5.59. The first-order valence-corrected chi connectivity index (χ1v) is 14.2. The summed E-state index contributed by atoms with van der Waals surface area (Å²) in [5, 5.41) is 3.37. The number of morpholine rings is 1. The summed E-state index contributed by atoms with van der Waals surface area (Å²) in [5.41, 5.74) is 9.05. The van der Waals surface area contributed by atoms with Crippen molar-refractivity contribution in [1.82, 2.24) is 14.5 Å². The zero-order valence-electron chi connectivity index (χ0n) is 23.7. The number of alkyl halides is 1. The van der Waals surface area contributed by atoms with E-state index < -0.39 is 18.4 Å². The van der Waals surface area contributed by atoms with Crippen LogP contribution in [-0.4, -0.2) is 59.8 Å². The number of nitrogens with two attached hydrogens (primary N) is 1. The Kier molecular flexibility index (Phi) is 9.36. The summed E-state index contributed by atoms with van der Waals surface area (Å²) >= 11 is 0. The summed E-state index contributed by atoms with van der Waals surface area (Å²) in [6.07, 6.45) is 3.25. The Labute approximate surface area is 243 Å². The highest BCUT2D eigenvalue weighted by molar-refractivity contribution is 6.04. The quantitative estimate of drug-likeness (QED) is 0.290. The molecule has 3 heterocycles. The van der Waals surface area contributed by atoms with Gasteiger partial charge in [0.25, 0.3) is 11.5 Å². The summed E-state index contributed by atoms with van der Waals surface area (Å²) in [7, 11) is 0. The van der Waals surface area contributed by atoms with Crippen LogP contribution in [0.3, 0.4) is 0 Å². The van der Waals surface area contributed by atoms with Crippen LogP contribution in [0.2, 0.25) is 0 Å². The molecule has 0 unspecified atom stereocenters. The summed E-state index contributed by atoms with van der Waals surface area (Å²) < 4.78 is 35.4. The number of halogens is 2. The number of carbonyl (C=O) groups is 1. The molecule has 4 aromatic rings. The number of nitrogens with one attached hydrogen (secondary N) is 1. The van der Waals surface area contributed by atoms with Crippen LogP contribution in [0.5, 0.6) is 0 Å². The smallest absolute Gasteiger partial charge is 0.258 e. The lowest BCUT2D eigenvalue weighted by Gasteiger charge is -2.27. The molecule has 42 heavy (non-hydrogen) atoms. The first kappa shape index (κ1) is 29.5. The van der Waals surface area contributed by atoms with E-state index >= 15 is 4.39 Å². The average Bonchev–Trinajstić information content (AvgIpc) is 3.01. The monoisotopic (exact) mass is 575 g/mol. The van der Waals surface area contributed by atoms with Crippen LogP contribution >= 0.6 is 0 Å². The maximum Gasteiger partial charge on any atom is 0.258 e. The van der Waals surface area contributed by atoms with Gasteiger partial charge in [-0.05, 0) is 79.4 Å². The predicted octanol–water partition coefficient (Wildman–Crippen LogP) is 4.46. The van der Waals surface area contributed by atoms with E-state index in [0.717, 1.165) is 36.1 Å².